The third-order valence-electron chi connectivity index (χ3n) is 6.16. The zero-order valence-electron chi connectivity index (χ0n) is 20.8. The second kappa shape index (κ2) is 11.6. The van der Waals surface area contributed by atoms with E-state index in [1.807, 2.05) is 91.0 Å². The molecule has 4 aromatic rings. The molecule has 198 valence electrons. The van der Waals surface area contributed by atoms with Gasteiger partial charge in [-0.15, -0.1) is 0 Å². The van der Waals surface area contributed by atoms with E-state index >= 15 is 0 Å². The lowest BCUT2D eigenvalue weighted by Crippen LogP contribution is -2.57. The highest BCUT2D eigenvalue weighted by Gasteiger charge is 2.46. The van der Waals surface area contributed by atoms with E-state index in [1.165, 1.54) is 6.20 Å². The van der Waals surface area contributed by atoms with E-state index in [2.05, 4.69) is 14.7 Å². The first-order chi connectivity index (χ1) is 18.9. The molecule has 2 heterocycles. The van der Waals surface area contributed by atoms with Gasteiger partial charge in [0.25, 0.3) is 11.8 Å². The summed E-state index contributed by atoms with van der Waals surface area (Å²) < 4.78 is 32.9. The normalized spacial score (nSPS) is 14.9. The van der Waals surface area contributed by atoms with Crippen molar-refractivity contribution in [1.29, 1.82) is 0 Å². The van der Waals surface area contributed by atoms with E-state index in [-0.39, 0.29) is 18.7 Å². The summed E-state index contributed by atoms with van der Waals surface area (Å²) in [5.74, 6) is -1.27. The molecule has 0 spiro atoms. The van der Waals surface area contributed by atoms with Crippen LogP contribution in [-0.2, 0) is 32.6 Å². The Morgan fingerprint density at radius 3 is 1.74 bits per heavy atom. The average molecular weight is 560 g/mol. The molecule has 1 aliphatic heterocycles. The second-order valence-corrected chi connectivity index (χ2v) is 11.3. The number of amides is 2. The molecule has 0 unspecified atom stereocenters. The third-order valence-corrected chi connectivity index (χ3v) is 8.62. The molecule has 0 bridgehead atoms. The maximum absolute atomic E-state index is 13.5. The van der Waals surface area contributed by atoms with Crippen LogP contribution in [0.3, 0.4) is 0 Å². The standard InChI is InChI=1S/C28H25N5O4S2/c34-26-24(20-29-28-30-25(31-38-28)23-14-8-3-9-15-23)27(35)33(19-17-22-12-6-2-7-13-22)39(36,37)32(26)18-16-21-10-4-1-5-11-21/h1-15,20H,16-19H2,(H,29,30,31). The second-order valence-electron chi connectivity index (χ2n) is 8.73. The molecule has 5 rings (SSSR count). The lowest BCUT2D eigenvalue weighted by Gasteiger charge is -2.35. The number of hydrogen-bond acceptors (Lipinski definition) is 8. The molecule has 39 heavy (non-hydrogen) atoms. The van der Waals surface area contributed by atoms with Gasteiger partial charge in [-0.2, -0.15) is 17.8 Å². The summed E-state index contributed by atoms with van der Waals surface area (Å²) in [6.07, 6.45) is 1.84. The van der Waals surface area contributed by atoms with Crippen LogP contribution < -0.4 is 5.32 Å². The Bertz CT molecular complexity index is 1520. The number of aromatic nitrogens is 2. The van der Waals surface area contributed by atoms with E-state index in [9.17, 15) is 18.0 Å². The minimum Gasteiger partial charge on any atom is -0.336 e. The van der Waals surface area contributed by atoms with Gasteiger partial charge in [0.05, 0.1) is 0 Å². The van der Waals surface area contributed by atoms with Crippen molar-refractivity contribution < 1.29 is 18.0 Å². The Kier molecular flexibility index (Phi) is 7.80. The SMILES string of the molecule is O=C1C(=CNc2nc(-c3ccccc3)ns2)C(=O)N(CCc2ccccc2)S(=O)(=O)N1CCc1ccccc1. The first-order valence-electron chi connectivity index (χ1n) is 12.3. The highest BCUT2D eigenvalue weighted by Crippen LogP contribution is 2.25. The number of anilines is 1. The summed E-state index contributed by atoms with van der Waals surface area (Å²) >= 11 is 1.07. The molecular weight excluding hydrogens is 534 g/mol. The first kappa shape index (κ1) is 26.3. The number of nitrogens with one attached hydrogen (secondary N) is 1. The van der Waals surface area contributed by atoms with Gasteiger partial charge in [0.2, 0.25) is 5.13 Å². The number of benzene rings is 3. The van der Waals surface area contributed by atoms with Crippen molar-refractivity contribution in [3.63, 3.8) is 0 Å². The molecule has 3 aromatic carbocycles. The predicted molar refractivity (Wildman–Crippen MR) is 150 cm³/mol. The molecule has 1 aromatic heterocycles. The molecule has 2 amide bonds. The van der Waals surface area contributed by atoms with E-state index in [0.29, 0.717) is 23.8 Å². The minimum absolute atomic E-state index is 0.103. The van der Waals surface area contributed by atoms with E-state index in [0.717, 1.165) is 36.8 Å². The fraction of sp³-hybridized carbons (Fsp3) is 0.143. The molecule has 1 N–H and O–H groups in total. The molecule has 9 nitrogen and oxygen atoms in total. The fourth-order valence-electron chi connectivity index (χ4n) is 4.12. The summed E-state index contributed by atoms with van der Waals surface area (Å²) in [7, 11) is -4.38. The monoisotopic (exact) mass is 559 g/mol. The largest absolute Gasteiger partial charge is 0.336 e. The van der Waals surface area contributed by atoms with Crippen molar-refractivity contribution in [2.24, 2.45) is 0 Å². The Morgan fingerprint density at radius 2 is 1.23 bits per heavy atom. The fourth-order valence-corrected chi connectivity index (χ4v) is 6.17. The Labute approximate surface area is 230 Å². The number of hydrogen-bond donors (Lipinski definition) is 1. The zero-order chi connectivity index (χ0) is 27.2. The molecule has 0 aliphatic carbocycles. The quantitative estimate of drug-likeness (QED) is 0.244. The van der Waals surface area contributed by atoms with Crippen molar-refractivity contribution in [2.75, 3.05) is 18.4 Å². The van der Waals surface area contributed by atoms with Gasteiger partial charge in [0.15, 0.2) is 5.82 Å². The van der Waals surface area contributed by atoms with Crippen LogP contribution in [-0.4, -0.2) is 51.3 Å². The lowest BCUT2D eigenvalue weighted by molar-refractivity contribution is -0.131. The summed E-state index contributed by atoms with van der Waals surface area (Å²) in [6.45, 7) is -0.205. The van der Waals surface area contributed by atoms with Gasteiger partial charge < -0.3 is 5.32 Å². The van der Waals surface area contributed by atoms with Crippen molar-refractivity contribution in [2.45, 2.75) is 12.8 Å². The number of carbonyl (C=O) groups is 2. The highest BCUT2D eigenvalue weighted by atomic mass is 32.2. The van der Waals surface area contributed by atoms with Crippen molar-refractivity contribution in [3.05, 3.63) is 114 Å². The van der Waals surface area contributed by atoms with Crippen LogP contribution in [0.25, 0.3) is 11.4 Å². The number of rotatable bonds is 9. The Balaban J connectivity index is 1.41. The van der Waals surface area contributed by atoms with Crippen LogP contribution in [0.5, 0.6) is 0 Å². The predicted octanol–water partition coefficient (Wildman–Crippen LogP) is 3.90. The first-order valence-corrected chi connectivity index (χ1v) is 14.4. The van der Waals surface area contributed by atoms with E-state index in [1.54, 1.807) is 0 Å². The van der Waals surface area contributed by atoms with E-state index < -0.39 is 22.0 Å². The minimum atomic E-state index is -4.38. The van der Waals surface area contributed by atoms with Gasteiger partial charge >= 0.3 is 10.2 Å². The van der Waals surface area contributed by atoms with E-state index in [4.69, 9.17) is 0 Å². The maximum Gasteiger partial charge on any atom is 0.331 e. The average Bonchev–Trinajstić information content (AvgIpc) is 3.43. The smallest absolute Gasteiger partial charge is 0.331 e. The van der Waals surface area contributed by atoms with Crippen LogP contribution in [0.4, 0.5) is 5.13 Å². The molecule has 0 radical (unpaired) electrons. The Hall–Kier alpha value is -4.35. The topological polar surface area (TPSA) is 113 Å². The molecule has 1 saturated heterocycles. The molecule has 11 heteroatoms. The molecule has 0 saturated carbocycles. The molecule has 0 atom stereocenters. The number of carbonyl (C=O) groups excluding carboxylic acids is 2. The lowest BCUT2D eigenvalue weighted by atomic mass is 10.1. The summed E-state index contributed by atoms with van der Waals surface area (Å²) in [5, 5.41) is 3.24. The third kappa shape index (κ3) is 5.89. The summed E-state index contributed by atoms with van der Waals surface area (Å²) in [6, 6.07) is 27.9. The highest BCUT2D eigenvalue weighted by molar-refractivity contribution is 7.88. The Morgan fingerprint density at radius 1 is 0.744 bits per heavy atom. The zero-order valence-corrected chi connectivity index (χ0v) is 22.4. The van der Waals surface area contributed by atoms with Crippen molar-refractivity contribution in [3.8, 4) is 11.4 Å². The van der Waals surface area contributed by atoms with Gasteiger partial charge in [0, 0.05) is 36.4 Å². The van der Waals surface area contributed by atoms with Gasteiger partial charge in [-0.05, 0) is 24.0 Å². The van der Waals surface area contributed by atoms with Gasteiger partial charge in [0.1, 0.15) is 5.57 Å². The van der Waals surface area contributed by atoms with Gasteiger partial charge in [-0.25, -0.2) is 8.61 Å². The van der Waals surface area contributed by atoms with Crippen molar-refractivity contribution in [1.82, 2.24) is 18.0 Å². The summed E-state index contributed by atoms with van der Waals surface area (Å²) in [5.41, 5.74) is 2.28. The summed E-state index contributed by atoms with van der Waals surface area (Å²) in [4.78, 5) is 31.2. The number of nitrogens with zero attached hydrogens (tertiary/aromatic N) is 4. The van der Waals surface area contributed by atoms with Gasteiger partial charge in [-0.1, -0.05) is 91.0 Å². The maximum atomic E-state index is 13.5. The van der Waals surface area contributed by atoms with Gasteiger partial charge in [-0.3, -0.25) is 9.59 Å². The van der Waals surface area contributed by atoms with Crippen LogP contribution in [0.15, 0.2) is 103 Å². The van der Waals surface area contributed by atoms with Crippen molar-refractivity contribution >= 4 is 38.7 Å². The molecule has 1 aliphatic rings. The molecular formula is C28H25N5O4S2. The van der Waals surface area contributed by atoms with Crippen LogP contribution in [0, 0.1) is 0 Å². The van der Waals surface area contributed by atoms with Crippen LogP contribution in [0.2, 0.25) is 0 Å². The van der Waals surface area contributed by atoms with Crippen LogP contribution in [0.1, 0.15) is 11.1 Å². The molecule has 1 fully saturated rings. The van der Waals surface area contributed by atoms with Crippen LogP contribution >= 0.6 is 11.5 Å².